The van der Waals surface area contributed by atoms with E-state index in [1.165, 1.54) is 36.8 Å². The van der Waals surface area contributed by atoms with Crippen LogP contribution in [-0.4, -0.2) is 0 Å². The van der Waals surface area contributed by atoms with Gasteiger partial charge in [0.15, 0.2) is 0 Å². The van der Waals surface area contributed by atoms with Gasteiger partial charge in [-0.05, 0) is 49.0 Å². The Bertz CT molecular complexity index is 238. The standard InChI is InChI=1S/C10H10/c1-2-6-10-8-4-3-7-9(10)5-1/h7-8H,1-2,5-6H2. The van der Waals surface area contributed by atoms with Crippen molar-refractivity contribution in [2.45, 2.75) is 25.7 Å². The van der Waals surface area contributed by atoms with E-state index in [1.807, 2.05) is 0 Å². The fraction of sp³-hybridized carbons (Fsp3) is 0.400. The summed E-state index contributed by atoms with van der Waals surface area (Å²) >= 11 is 0. The third-order valence-corrected chi connectivity index (χ3v) is 2.13. The van der Waals surface area contributed by atoms with Crippen molar-refractivity contribution in [3.8, 4) is 0 Å². The fourth-order valence-corrected chi connectivity index (χ4v) is 1.54. The van der Waals surface area contributed by atoms with Crippen molar-refractivity contribution in [2.24, 2.45) is 0 Å². The van der Waals surface area contributed by atoms with E-state index in [1.54, 1.807) is 0 Å². The third-order valence-electron chi connectivity index (χ3n) is 2.13. The van der Waals surface area contributed by atoms with Gasteiger partial charge in [-0.15, -0.1) is 0 Å². The average molecular weight is 130 g/mol. The maximum atomic E-state index is 3.00. The predicted molar refractivity (Wildman–Crippen MR) is 41.7 cm³/mol. The number of rotatable bonds is 0. The highest BCUT2D eigenvalue weighted by molar-refractivity contribution is 5.37. The Kier molecular flexibility index (Phi) is 1.36. The van der Waals surface area contributed by atoms with Crippen molar-refractivity contribution in [2.75, 3.05) is 0 Å². The van der Waals surface area contributed by atoms with Crippen LogP contribution in [-0.2, 0) is 0 Å². The van der Waals surface area contributed by atoms with Crippen LogP contribution in [0.4, 0.5) is 0 Å². The first kappa shape index (κ1) is 5.80. The van der Waals surface area contributed by atoms with Gasteiger partial charge in [0.25, 0.3) is 0 Å². The van der Waals surface area contributed by atoms with Crippen LogP contribution in [0, 0.1) is 0 Å². The molecule has 0 aromatic carbocycles. The van der Waals surface area contributed by atoms with Crippen LogP contribution in [0.5, 0.6) is 0 Å². The lowest BCUT2D eigenvalue weighted by Gasteiger charge is -2.14. The summed E-state index contributed by atoms with van der Waals surface area (Å²) < 4.78 is 0. The van der Waals surface area contributed by atoms with E-state index in [-0.39, 0.29) is 0 Å². The lowest BCUT2D eigenvalue weighted by Crippen LogP contribution is -1.96. The molecule has 2 rings (SSSR count). The second-order valence-electron chi connectivity index (χ2n) is 2.83. The number of hydrogen-bond acceptors (Lipinski definition) is 0. The first-order chi connectivity index (χ1) is 4.97. The molecule has 0 fully saturated rings. The Balaban J connectivity index is 2.38. The molecule has 0 bridgehead atoms. The minimum absolute atomic E-state index is 1.25. The number of hydrogen-bond donors (Lipinski definition) is 0. The smallest absolute Gasteiger partial charge is 0.00803 e. The lowest BCUT2D eigenvalue weighted by molar-refractivity contribution is 0.693. The first-order valence-electron chi connectivity index (χ1n) is 3.86. The van der Waals surface area contributed by atoms with E-state index in [0.717, 1.165) is 0 Å². The summed E-state index contributed by atoms with van der Waals surface area (Å²) in [5.41, 5.74) is 8.97. The van der Waals surface area contributed by atoms with Crippen molar-refractivity contribution < 1.29 is 0 Å². The predicted octanol–water partition coefficient (Wildman–Crippen LogP) is 2.74. The lowest BCUT2D eigenvalue weighted by atomic mass is 9.90. The normalized spacial score (nSPS) is 21.6. The Morgan fingerprint density at radius 2 is 1.40 bits per heavy atom. The van der Waals surface area contributed by atoms with Crippen molar-refractivity contribution in [3.63, 3.8) is 0 Å². The summed E-state index contributed by atoms with van der Waals surface area (Å²) in [4.78, 5) is 0. The highest BCUT2D eigenvalue weighted by Crippen LogP contribution is 2.26. The average Bonchev–Trinajstić information content (AvgIpc) is 2.05. The minimum atomic E-state index is 1.25. The Hall–Kier alpha value is -0.960. The van der Waals surface area contributed by atoms with Gasteiger partial charge in [0.05, 0.1) is 0 Å². The molecule has 0 radical (unpaired) electrons. The van der Waals surface area contributed by atoms with Gasteiger partial charge >= 0.3 is 0 Å². The first-order valence-corrected chi connectivity index (χ1v) is 3.86. The monoisotopic (exact) mass is 130 g/mol. The molecule has 0 saturated heterocycles. The molecule has 0 heteroatoms. The molecule has 0 aliphatic heterocycles. The molecule has 2 aliphatic rings. The second-order valence-corrected chi connectivity index (χ2v) is 2.83. The molecule has 0 aromatic heterocycles. The molecule has 0 nitrogen and oxygen atoms in total. The van der Waals surface area contributed by atoms with E-state index in [4.69, 9.17) is 0 Å². The van der Waals surface area contributed by atoms with Crippen LogP contribution in [0.25, 0.3) is 0 Å². The molecular weight excluding hydrogens is 120 g/mol. The summed E-state index contributed by atoms with van der Waals surface area (Å²) in [5, 5.41) is 0. The van der Waals surface area contributed by atoms with Gasteiger partial charge in [0.1, 0.15) is 0 Å². The summed E-state index contributed by atoms with van der Waals surface area (Å²) in [7, 11) is 0. The van der Waals surface area contributed by atoms with Gasteiger partial charge in [-0.1, -0.05) is 11.5 Å². The maximum Gasteiger partial charge on any atom is -0.00803 e. The van der Waals surface area contributed by atoms with Gasteiger partial charge in [0.2, 0.25) is 0 Å². The molecule has 10 heavy (non-hydrogen) atoms. The van der Waals surface area contributed by atoms with Gasteiger partial charge in [-0.2, -0.15) is 0 Å². The molecule has 0 amide bonds. The zero-order valence-electron chi connectivity index (χ0n) is 5.98. The van der Waals surface area contributed by atoms with E-state index >= 15 is 0 Å². The maximum absolute atomic E-state index is 3.00. The molecule has 0 spiro atoms. The van der Waals surface area contributed by atoms with Crippen LogP contribution < -0.4 is 0 Å². The quantitative estimate of drug-likeness (QED) is 0.442. The van der Waals surface area contributed by atoms with Gasteiger partial charge < -0.3 is 0 Å². The van der Waals surface area contributed by atoms with Gasteiger partial charge in [0, 0.05) is 0 Å². The van der Waals surface area contributed by atoms with Gasteiger partial charge in [-0.25, -0.2) is 0 Å². The molecule has 2 aliphatic carbocycles. The van der Waals surface area contributed by atoms with E-state index < -0.39 is 0 Å². The summed E-state index contributed by atoms with van der Waals surface area (Å²) in [6, 6.07) is 0. The zero-order chi connectivity index (χ0) is 6.81. The molecule has 0 atom stereocenters. The largest absolute Gasteiger partial charge is 0.0699 e. The van der Waals surface area contributed by atoms with Crippen molar-refractivity contribution in [1.29, 1.82) is 0 Å². The van der Waals surface area contributed by atoms with Crippen LogP contribution in [0.2, 0.25) is 0 Å². The second kappa shape index (κ2) is 2.34. The zero-order valence-corrected chi connectivity index (χ0v) is 5.98. The SMILES string of the molecule is C1=C=CC2=C(C=1)CCCC2. The van der Waals surface area contributed by atoms with E-state index in [0.29, 0.717) is 0 Å². The van der Waals surface area contributed by atoms with E-state index in [2.05, 4.69) is 23.6 Å². The Morgan fingerprint density at radius 1 is 0.900 bits per heavy atom. The molecule has 0 saturated carbocycles. The van der Waals surface area contributed by atoms with Gasteiger partial charge in [-0.3, -0.25) is 0 Å². The molecule has 0 aromatic rings. The highest BCUT2D eigenvalue weighted by Gasteiger charge is 2.08. The van der Waals surface area contributed by atoms with Crippen molar-refractivity contribution in [1.82, 2.24) is 0 Å². The molecular formula is C10H10. The Morgan fingerprint density at radius 3 is 1.90 bits per heavy atom. The molecule has 0 N–H and O–H groups in total. The molecule has 0 unspecified atom stereocenters. The van der Waals surface area contributed by atoms with Crippen LogP contribution in [0.15, 0.2) is 34.8 Å². The number of allylic oxidation sites excluding steroid dienone is 4. The topological polar surface area (TPSA) is 0 Å². The van der Waals surface area contributed by atoms with Crippen LogP contribution in [0.1, 0.15) is 25.7 Å². The third kappa shape index (κ3) is 0.885. The van der Waals surface area contributed by atoms with Crippen molar-refractivity contribution in [3.05, 3.63) is 34.8 Å². The minimum Gasteiger partial charge on any atom is -0.0699 e. The molecule has 50 valence electrons. The highest BCUT2D eigenvalue weighted by atomic mass is 14.1. The Labute approximate surface area is 61.3 Å². The van der Waals surface area contributed by atoms with Crippen molar-refractivity contribution >= 4 is 0 Å². The molecule has 0 heterocycles. The van der Waals surface area contributed by atoms with E-state index in [9.17, 15) is 0 Å². The van der Waals surface area contributed by atoms with Crippen LogP contribution in [0.3, 0.4) is 0 Å². The summed E-state index contributed by atoms with van der Waals surface area (Å²) in [6.45, 7) is 0. The fourth-order valence-electron chi connectivity index (χ4n) is 1.54. The van der Waals surface area contributed by atoms with Crippen LogP contribution >= 0.6 is 0 Å². The summed E-state index contributed by atoms with van der Waals surface area (Å²) in [5.74, 6) is 0. The summed E-state index contributed by atoms with van der Waals surface area (Å²) in [6.07, 6.45) is 9.36.